The van der Waals surface area contributed by atoms with Gasteiger partial charge in [-0.15, -0.1) is 0 Å². The van der Waals surface area contributed by atoms with E-state index in [4.69, 9.17) is 27.9 Å². The first-order valence-electron chi connectivity index (χ1n) is 8.21. The number of halogens is 2. The number of hydrogen-bond donors (Lipinski definition) is 2. The molecule has 1 amide bonds. The number of carbonyl (C=O) groups is 1. The molecule has 5 nitrogen and oxygen atoms in total. The molecule has 2 atom stereocenters. The summed E-state index contributed by atoms with van der Waals surface area (Å²) in [5, 5.41) is 20.7. The topological polar surface area (TPSA) is 70.0 Å². The maximum Gasteiger partial charge on any atom is 0.407 e. The van der Waals surface area contributed by atoms with Gasteiger partial charge in [-0.2, -0.15) is 0 Å². The lowest BCUT2D eigenvalue weighted by Crippen LogP contribution is -2.64. The fourth-order valence-corrected chi connectivity index (χ4v) is 4.13. The highest BCUT2D eigenvalue weighted by molar-refractivity contribution is 6.42. The number of methoxy groups -OCH3 is 1. The zero-order valence-electron chi connectivity index (χ0n) is 15.0. The van der Waals surface area contributed by atoms with Crippen LogP contribution in [-0.2, 0) is 0 Å². The number of benzene rings is 1. The Labute approximate surface area is 158 Å². The van der Waals surface area contributed by atoms with E-state index in [9.17, 15) is 15.0 Å². The van der Waals surface area contributed by atoms with Crippen molar-refractivity contribution in [2.45, 2.75) is 45.1 Å². The third-order valence-electron chi connectivity index (χ3n) is 5.40. The summed E-state index contributed by atoms with van der Waals surface area (Å²) < 4.78 is 5.46. The molecule has 1 aliphatic rings. The van der Waals surface area contributed by atoms with Crippen LogP contribution in [0.3, 0.4) is 0 Å². The SMILES string of the molecule is COc1cc(Cl)c(Cl)cc1C1CCN(C(=O)O)C(CO)(C(C)(C)C)C1. The van der Waals surface area contributed by atoms with Crippen LogP contribution < -0.4 is 4.74 Å². The predicted molar refractivity (Wildman–Crippen MR) is 99.0 cm³/mol. The van der Waals surface area contributed by atoms with E-state index < -0.39 is 17.0 Å². The van der Waals surface area contributed by atoms with Crippen molar-refractivity contribution < 1.29 is 19.7 Å². The van der Waals surface area contributed by atoms with Crippen molar-refractivity contribution in [1.82, 2.24) is 4.90 Å². The fourth-order valence-electron chi connectivity index (χ4n) is 3.80. The number of rotatable bonds is 3. The van der Waals surface area contributed by atoms with Crippen LogP contribution in [0.15, 0.2) is 12.1 Å². The summed E-state index contributed by atoms with van der Waals surface area (Å²) in [5.74, 6) is 0.635. The molecule has 1 aliphatic heterocycles. The van der Waals surface area contributed by atoms with E-state index in [0.29, 0.717) is 35.2 Å². The Morgan fingerprint density at radius 2 is 1.96 bits per heavy atom. The molecule has 0 aromatic heterocycles. The molecule has 2 rings (SSSR count). The maximum atomic E-state index is 11.8. The third-order valence-corrected chi connectivity index (χ3v) is 6.13. The molecule has 0 aliphatic carbocycles. The van der Waals surface area contributed by atoms with Crippen LogP contribution >= 0.6 is 23.2 Å². The number of carboxylic acid groups (broad SMARTS) is 1. The first-order valence-corrected chi connectivity index (χ1v) is 8.97. The molecule has 0 spiro atoms. The molecule has 0 bridgehead atoms. The van der Waals surface area contributed by atoms with Gasteiger partial charge in [0.2, 0.25) is 0 Å². The van der Waals surface area contributed by atoms with Gasteiger partial charge in [-0.1, -0.05) is 44.0 Å². The van der Waals surface area contributed by atoms with Gasteiger partial charge in [0, 0.05) is 12.6 Å². The molecule has 0 radical (unpaired) electrons. The normalized spacial score (nSPS) is 24.3. The maximum absolute atomic E-state index is 11.8. The molecule has 1 aromatic carbocycles. The van der Waals surface area contributed by atoms with Gasteiger partial charge >= 0.3 is 6.09 Å². The van der Waals surface area contributed by atoms with Crippen molar-refractivity contribution in [3.8, 4) is 5.75 Å². The highest BCUT2D eigenvalue weighted by Crippen LogP contribution is 2.49. The Hall–Kier alpha value is -1.17. The van der Waals surface area contributed by atoms with Crippen molar-refractivity contribution in [2.75, 3.05) is 20.3 Å². The minimum atomic E-state index is -1.01. The second-order valence-corrected chi connectivity index (χ2v) is 8.39. The average Bonchev–Trinajstić information content (AvgIpc) is 2.54. The number of ether oxygens (including phenoxy) is 1. The third kappa shape index (κ3) is 3.55. The van der Waals surface area contributed by atoms with Crippen LogP contribution in [0.1, 0.15) is 45.1 Å². The number of nitrogens with zero attached hydrogens (tertiary/aromatic N) is 1. The second-order valence-electron chi connectivity index (χ2n) is 7.57. The van der Waals surface area contributed by atoms with Gasteiger partial charge in [-0.05, 0) is 35.8 Å². The van der Waals surface area contributed by atoms with Crippen LogP contribution in [0.25, 0.3) is 0 Å². The number of aliphatic hydroxyl groups excluding tert-OH is 1. The van der Waals surface area contributed by atoms with Gasteiger partial charge in [0.05, 0.1) is 29.3 Å². The summed E-state index contributed by atoms with van der Waals surface area (Å²) >= 11 is 12.3. The molecule has 7 heteroatoms. The van der Waals surface area contributed by atoms with Gasteiger partial charge in [-0.25, -0.2) is 4.79 Å². The van der Waals surface area contributed by atoms with Gasteiger partial charge < -0.3 is 14.9 Å². The molecule has 1 heterocycles. The molecule has 0 saturated carbocycles. The first kappa shape index (κ1) is 20.1. The molecule has 2 unspecified atom stereocenters. The van der Waals surface area contributed by atoms with Crippen LogP contribution in [0, 0.1) is 5.41 Å². The predicted octanol–water partition coefficient (Wildman–Crippen LogP) is 4.64. The lowest BCUT2D eigenvalue weighted by atomic mass is 9.64. The van der Waals surface area contributed by atoms with Crippen LogP contribution in [0.5, 0.6) is 5.75 Å². The zero-order chi connectivity index (χ0) is 19.0. The molecule has 1 fully saturated rings. The summed E-state index contributed by atoms with van der Waals surface area (Å²) in [5.41, 5.74) is -0.440. The van der Waals surface area contributed by atoms with Crippen molar-refractivity contribution >= 4 is 29.3 Å². The van der Waals surface area contributed by atoms with Crippen molar-refractivity contribution in [3.05, 3.63) is 27.7 Å². The van der Waals surface area contributed by atoms with Crippen LogP contribution in [0.2, 0.25) is 10.0 Å². The molecular formula is C18H25Cl2NO4. The van der Waals surface area contributed by atoms with E-state index in [-0.39, 0.29) is 12.5 Å². The van der Waals surface area contributed by atoms with Crippen LogP contribution in [-0.4, -0.2) is 47.0 Å². The first-order chi connectivity index (χ1) is 11.6. The van der Waals surface area contributed by atoms with Crippen molar-refractivity contribution in [2.24, 2.45) is 5.41 Å². The Morgan fingerprint density at radius 1 is 1.36 bits per heavy atom. The lowest BCUT2D eigenvalue weighted by molar-refractivity contribution is -0.0647. The Bertz CT molecular complexity index is 659. The molecular weight excluding hydrogens is 365 g/mol. The van der Waals surface area contributed by atoms with Crippen molar-refractivity contribution in [1.29, 1.82) is 0 Å². The summed E-state index contributed by atoms with van der Waals surface area (Å²) in [6.07, 6.45) is 0.0926. The number of hydrogen-bond acceptors (Lipinski definition) is 3. The van der Waals surface area contributed by atoms with E-state index in [2.05, 4.69) is 0 Å². The highest BCUT2D eigenvalue weighted by atomic mass is 35.5. The Balaban J connectivity index is 2.51. The summed E-state index contributed by atoms with van der Waals surface area (Å²) in [4.78, 5) is 13.2. The molecule has 25 heavy (non-hydrogen) atoms. The van der Waals surface area contributed by atoms with Gasteiger partial charge in [0.1, 0.15) is 5.75 Å². The van der Waals surface area contributed by atoms with E-state index >= 15 is 0 Å². The van der Waals surface area contributed by atoms with E-state index in [1.807, 2.05) is 20.8 Å². The van der Waals surface area contributed by atoms with E-state index in [0.717, 1.165) is 5.56 Å². The quantitative estimate of drug-likeness (QED) is 0.789. The zero-order valence-corrected chi connectivity index (χ0v) is 16.5. The Kier molecular flexibility index (Phi) is 5.81. The number of likely N-dealkylation sites (tertiary alicyclic amines) is 1. The summed E-state index contributed by atoms with van der Waals surface area (Å²) in [6, 6.07) is 3.47. The summed E-state index contributed by atoms with van der Waals surface area (Å²) in [7, 11) is 1.57. The fraction of sp³-hybridized carbons (Fsp3) is 0.611. The van der Waals surface area contributed by atoms with Gasteiger partial charge in [-0.3, -0.25) is 4.90 Å². The number of amides is 1. The van der Waals surface area contributed by atoms with Crippen molar-refractivity contribution in [3.63, 3.8) is 0 Å². The molecule has 1 aromatic rings. The number of aliphatic hydroxyl groups is 1. The average molecular weight is 390 g/mol. The lowest BCUT2D eigenvalue weighted by Gasteiger charge is -2.54. The largest absolute Gasteiger partial charge is 0.496 e. The molecule has 2 N–H and O–H groups in total. The van der Waals surface area contributed by atoms with E-state index in [1.165, 1.54) is 4.90 Å². The Morgan fingerprint density at radius 3 is 2.44 bits per heavy atom. The smallest absolute Gasteiger partial charge is 0.407 e. The monoisotopic (exact) mass is 389 g/mol. The molecule has 1 saturated heterocycles. The van der Waals surface area contributed by atoms with Gasteiger partial charge in [0.15, 0.2) is 0 Å². The molecule has 140 valence electrons. The number of piperidine rings is 1. The van der Waals surface area contributed by atoms with Crippen LogP contribution in [0.4, 0.5) is 4.79 Å². The minimum Gasteiger partial charge on any atom is -0.496 e. The highest BCUT2D eigenvalue weighted by Gasteiger charge is 2.52. The standard InChI is InChI=1S/C18H25Cl2NO4/c1-17(2,3)18(10-22)9-11(5-6-21(18)16(23)24)12-7-13(19)14(20)8-15(12)25-4/h7-8,11,22H,5-6,9-10H2,1-4H3,(H,23,24). The second kappa shape index (κ2) is 7.22. The summed E-state index contributed by atoms with van der Waals surface area (Å²) in [6.45, 7) is 5.94. The van der Waals surface area contributed by atoms with Gasteiger partial charge in [0.25, 0.3) is 0 Å². The minimum absolute atomic E-state index is 0.00620. The van der Waals surface area contributed by atoms with E-state index in [1.54, 1.807) is 19.2 Å².